The lowest BCUT2D eigenvalue weighted by Gasteiger charge is -2.29. The van der Waals surface area contributed by atoms with E-state index in [1.165, 1.54) is 12.8 Å². The summed E-state index contributed by atoms with van der Waals surface area (Å²) in [5.41, 5.74) is 6.94. The van der Waals surface area contributed by atoms with E-state index in [2.05, 4.69) is 6.92 Å². The van der Waals surface area contributed by atoms with E-state index < -0.39 is 0 Å². The van der Waals surface area contributed by atoms with Gasteiger partial charge in [0.15, 0.2) is 0 Å². The van der Waals surface area contributed by atoms with E-state index in [4.69, 9.17) is 15.2 Å². The van der Waals surface area contributed by atoms with Gasteiger partial charge in [0.05, 0.1) is 19.4 Å². The van der Waals surface area contributed by atoms with Crippen LogP contribution in [0.25, 0.3) is 0 Å². The number of anilines is 1. The molecule has 1 aromatic rings. The molecule has 5 nitrogen and oxygen atoms in total. The maximum atomic E-state index is 12.8. The molecule has 0 aliphatic heterocycles. The highest BCUT2D eigenvalue weighted by molar-refractivity contribution is 5.95. The van der Waals surface area contributed by atoms with Gasteiger partial charge in [0.25, 0.3) is 5.91 Å². The molecular weight excluding hydrogens is 268 g/mol. The number of methoxy groups -OCH3 is 2. The van der Waals surface area contributed by atoms with Gasteiger partial charge in [0, 0.05) is 25.3 Å². The van der Waals surface area contributed by atoms with E-state index in [1.807, 2.05) is 4.90 Å². The first-order chi connectivity index (χ1) is 10.1. The number of nitrogen functional groups attached to an aromatic ring is 1. The van der Waals surface area contributed by atoms with Gasteiger partial charge in [0.2, 0.25) is 0 Å². The quantitative estimate of drug-likeness (QED) is 0.782. The van der Waals surface area contributed by atoms with Gasteiger partial charge in [-0.05, 0) is 43.9 Å². The molecule has 0 saturated heterocycles. The molecule has 0 radical (unpaired) electrons. The summed E-state index contributed by atoms with van der Waals surface area (Å²) >= 11 is 0. The van der Waals surface area contributed by atoms with Gasteiger partial charge in [-0.2, -0.15) is 0 Å². The topological polar surface area (TPSA) is 64.8 Å². The van der Waals surface area contributed by atoms with Crippen molar-refractivity contribution in [3.63, 3.8) is 0 Å². The Kier molecular flexibility index (Phi) is 5.07. The number of amides is 1. The van der Waals surface area contributed by atoms with Crippen LogP contribution in [0.4, 0.5) is 5.69 Å². The van der Waals surface area contributed by atoms with Gasteiger partial charge in [-0.25, -0.2) is 0 Å². The van der Waals surface area contributed by atoms with Crippen molar-refractivity contribution in [2.75, 3.05) is 33.1 Å². The average Bonchev–Trinajstić information content (AvgIpc) is 3.32. The summed E-state index contributed by atoms with van der Waals surface area (Å²) in [5.74, 6) is 1.15. The van der Waals surface area contributed by atoms with Crippen molar-refractivity contribution in [1.82, 2.24) is 4.90 Å². The smallest absolute Gasteiger partial charge is 0.254 e. The molecule has 0 aromatic heterocycles. The number of carbonyl (C=O) groups is 1. The zero-order valence-corrected chi connectivity index (χ0v) is 13.0. The lowest BCUT2D eigenvalue weighted by Crippen LogP contribution is -2.42. The third-order valence-electron chi connectivity index (χ3n) is 4.07. The van der Waals surface area contributed by atoms with Crippen LogP contribution in [-0.4, -0.2) is 44.2 Å². The number of benzene rings is 1. The summed E-state index contributed by atoms with van der Waals surface area (Å²) in [6.45, 7) is 3.24. The molecule has 0 spiro atoms. The van der Waals surface area contributed by atoms with Gasteiger partial charge in [0.1, 0.15) is 5.75 Å². The second kappa shape index (κ2) is 6.80. The lowest BCUT2D eigenvalue weighted by molar-refractivity contribution is 0.0594. The standard InChI is InChI=1S/C16H24N2O3/c1-11(12-4-5-12)18(8-9-20-2)16(19)13-6-7-14(17)15(10-13)21-3/h6-7,10-12H,4-5,8-9,17H2,1-3H3. The Morgan fingerprint density at radius 3 is 2.71 bits per heavy atom. The van der Waals surface area contributed by atoms with Crippen LogP contribution in [0.5, 0.6) is 5.75 Å². The molecule has 5 heteroatoms. The molecule has 21 heavy (non-hydrogen) atoms. The molecule has 1 amide bonds. The summed E-state index contributed by atoms with van der Waals surface area (Å²) < 4.78 is 10.3. The van der Waals surface area contributed by atoms with Crippen molar-refractivity contribution in [1.29, 1.82) is 0 Å². The van der Waals surface area contributed by atoms with Gasteiger partial charge in [-0.1, -0.05) is 0 Å². The molecule has 2 rings (SSSR count). The highest BCUT2D eigenvalue weighted by atomic mass is 16.5. The normalized spacial score (nSPS) is 15.6. The van der Waals surface area contributed by atoms with Gasteiger partial charge in [-0.3, -0.25) is 4.79 Å². The number of carbonyl (C=O) groups excluding carboxylic acids is 1. The van der Waals surface area contributed by atoms with E-state index in [9.17, 15) is 4.79 Å². The van der Waals surface area contributed by atoms with Crippen LogP contribution in [0.1, 0.15) is 30.1 Å². The van der Waals surface area contributed by atoms with Crippen molar-refractivity contribution in [2.45, 2.75) is 25.8 Å². The molecule has 2 N–H and O–H groups in total. The zero-order chi connectivity index (χ0) is 15.4. The minimum atomic E-state index is 0.00440. The predicted octanol–water partition coefficient (Wildman–Crippen LogP) is 2.16. The Balaban J connectivity index is 2.19. The summed E-state index contributed by atoms with van der Waals surface area (Å²) in [4.78, 5) is 14.7. The molecule has 1 aromatic carbocycles. The van der Waals surface area contributed by atoms with Crippen molar-refractivity contribution in [3.8, 4) is 5.75 Å². The van der Waals surface area contributed by atoms with Crippen molar-refractivity contribution < 1.29 is 14.3 Å². The first-order valence-corrected chi connectivity index (χ1v) is 7.32. The molecule has 1 atom stereocenters. The van der Waals surface area contributed by atoms with Crippen LogP contribution in [0, 0.1) is 5.92 Å². The number of nitrogens with zero attached hydrogens (tertiary/aromatic N) is 1. The maximum absolute atomic E-state index is 12.8. The summed E-state index contributed by atoms with van der Waals surface area (Å²) in [5, 5.41) is 0. The Hall–Kier alpha value is -1.75. The van der Waals surface area contributed by atoms with E-state index in [-0.39, 0.29) is 11.9 Å². The number of rotatable bonds is 7. The number of nitrogens with two attached hydrogens (primary N) is 1. The summed E-state index contributed by atoms with van der Waals surface area (Å²) in [6.07, 6.45) is 2.39. The van der Waals surface area contributed by atoms with Crippen LogP contribution >= 0.6 is 0 Å². The largest absolute Gasteiger partial charge is 0.495 e. The van der Waals surface area contributed by atoms with Gasteiger partial charge < -0.3 is 20.1 Å². The molecule has 116 valence electrons. The third-order valence-corrected chi connectivity index (χ3v) is 4.07. The number of ether oxygens (including phenoxy) is 2. The molecule has 1 aliphatic carbocycles. The van der Waals surface area contributed by atoms with Gasteiger partial charge >= 0.3 is 0 Å². The molecule has 1 fully saturated rings. The summed E-state index contributed by atoms with van der Waals surface area (Å²) in [6, 6.07) is 5.40. The Morgan fingerprint density at radius 2 is 2.14 bits per heavy atom. The lowest BCUT2D eigenvalue weighted by atomic mass is 10.1. The van der Waals surface area contributed by atoms with Crippen LogP contribution in [0.15, 0.2) is 18.2 Å². The fraction of sp³-hybridized carbons (Fsp3) is 0.562. The first kappa shape index (κ1) is 15.6. The minimum Gasteiger partial charge on any atom is -0.495 e. The fourth-order valence-electron chi connectivity index (χ4n) is 2.52. The van der Waals surface area contributed by atoms with Gasteiger partial charge in [-0.15, -0.1) is 0 Å². The molecular formula is C16H24N2O3. The van der Waals surface area contributed by atoms with Crippen LogP contribution < -0.4 is 10.5 Å². The monoisotopic (exact) mass is 292 g/mol. The molecule has 0 heterocycles. The minimum absolute atomic E-state index is 0.00440. The predicted molar refractivity (Wildman–Crippen MR) is 82.5 cm³/mol. The van der Waals surface area contributed by atoms with E-state index >= 15 is 0 Å². The number of hydrogen-bond acceptors (Lipinski definition) is 4. The molecule has 0 bridgehead atoms. The third kappa shape index (κ3) is 3.67. The van der Waals surface area contributed by atoms with Crippen molar-refractivity contribution >= 4 is 11.6 Å². The van der Waals surface area contributed by atoms with Crippen molar-refractivity contribution in [2.24, 2.45) is 5.92 Å². The second-order valence-electron chi connectivity index (χ2n) is 5.53. The molecule has 1 aliphatic rings. The van der Waals surface area contributed by atoms with Crippen LogP contribution in [-0.2, 0) is 4.74 Å². The van der Waals surface area contributed by atoms with Crippen LogP contribution in [0.2, 0.25) is 0 Å². The summed E-state index contributed by atoms with van der Waals surface area (Å²) in [7, 11) is 3.20. The SMILES string of the molecule is COCCN(C(=O)c1ccc(N)c(OC)c1)C(C)C1CC1. The highest BCUT2D eigenvalue weighted by Crippen LogP contribution is 2.35. The first-order valence-electron chi connectivity index (χ1n) is 7.32. The van der Waals surface area contributed by atoms with Crippen molar-refractivity contribution in [3.05, 3.63) is 23.8 Å². The molecule has 1 unspecified atom stereocenters. The average molecular weight is 292 g/mol. The van der Waals surface area contributed by atoms with E-state index in [1.54, 1.807) is 32.4 Å². The zero-order valence-electron chi connectivity index (χ0n) is 13.0. The van der Waals surface area contributed by atoms with E-state index in [0.29, 0.717) is 36.1 Å². The van der Waals surface area contributed by atoms with Crippen LogP contribution in [0.3, 0.4) is 0 Å². The maximum Gasteiger partial charge on any atom is 0.254 e. The Bertz CT molecular complexity index is 500. The number of hydrogen-bond donors (Lipinski definition) is 1. The fourth-order valence-corrected chi connectivity index (χ4v) is 2.52. The second-order valence-corrected chi connectivity index (χ2v) is 5.53. The Labute approximate surface area is 126 Å². The van der Waals surface area contributed by atoms with E-state index in [0.717, 1.165) is 0 Å². The Morgan fingerprint density at radius 1 is 1.43 bits per heavy atom. The molecule has 1 saturated carbocycles. The highest BCUT2D eigenvalue weighted by Gasteiger charge is 2.34.